The Morgan fingerprint density at radius 2 is 1.94 bits per heavy atom. The van der Waals surface area contributed by atoms with Crippen molar-refractivity contribution in [1.82, 2.24) is 0 Å². The zero-order chi connectivity index (χ0) is 23.2. The summed E-state index contributed by atoms with van der Waals surface area (Å²) in [4.78, 5) is 12.2. The number of methoxy groups -OCH3 is 2. The zero-order valence-corrected chi connectivity index (χ0v) is 20.0. The fourth-order valence-corrected chi connectivity index (χ4v) is 7.78. The van der Waals surface area contributed by atoms with Crippen molar-refractivity contribution < 1.29 is 19.5 Å². The summed E-state index contributed by atoms with van der Waals surface area (Å²) >= 11 is 0. The largest absolute Gasteiger partial charge is 0.411 e. The predicted octanol–water partition coefficient (Wildman–Crippen LogP) is 5.43. The number of nitrogens with zero attached hydrogens (tertiary/aromatic N) is 1. The third-order valence-electron chi connectivity index (χ3n) is 9.34. The fraction of sp³-hybridized carbons (Fsp3) is 0.571. The van der Waals surface area contributed by atoms with E-state index in [-0.39, 0.29) is 22.7 Å². The molecule has 176 valence electrons. The van der Waals surface area contributed by atoms with Gasteiger partial charge in [0, 0.05) is 32.0 Å². The number of ketones is 1. The maximum Gasteiger partial charge on any atom is 0.156 e. The molecule has 5 heteroatoms. The van der Waals surface area contributed by atoms with E-state index in [1.54, 1.807) is 12.7 Å². The number of fused-ring (bicyclic) bond motifs is 4. The van der Waals surface area contributed by atoms with Crippen molar-refractivity contribution in [1.29, 1.82) is 0 Å². The van der Waals surface area contributed by atoms with E-state index < -0.39 is 0 Å². The van der Waals surface area contributed by atoms with Crippen molar-refractivity contribution in [3.8, 4) is 0 Å². The van der Waals surface area contributed by atoms with E-state index in [0.29, 0.717) is 24.9 Å². The molecule has 0 aliphatic heterocycles. The van der Waals surface area contributed by atoms with Crippen molar-refractivity contribution in [2.24, 2.45) is 22.4 Å². The highest BCUT2D eigenvalue weighted by Gasteiger charge is 2.63. The number of hydrogen-bond acceptors (Lipinski definition) is 5. The molecule has 1 aromatic rings. The predicted molar refractivity (Wildman–Crippen MR) is 128 cm³/mol. The Labute approximate surface area is 196 Å². The first-order chi connectivity index (χ1) is 16.0. The molecular weight excluding hydrogens is 414 g/mol. The number of benzene rings is 1. The van der Waals surface area contributed by atoms with Gasteiger partial charge in [-0.25, -0.2) is 0 Å². The molecule has 0 saturated heterocycles. The van der Waals surface area contributed by atoms with Gasteiger partial charge in [-0.1, -0.05) is 41.9 Å². The normalized spacial score (nSPS) is 35.9. The molecule has 0 heterocycles. The van der Waals surface area contributed by atoms with Crippen LogP contribution in [0.3, 0.4) is 0 Å². The Hall–Kier alpha value is -2.24. The minimum atomic E-state index is -0.275. The monoisotopic (exact) mass is 449 g/mol. The molecule has 0 amide bonds. The molecule has 0 bridgehead atoms. The minimum absolute atomic E-state index is 0.00802. The van der Waals surface area contributed by atoms with E-state index in [0.717, 1.165) is 44.1 Å². The van der Waals surface area contributed by atoms with E-state index >= 15 is 0 Å². The van der Waals surface area contributed by atoms with Gasteiger partial charge in [-0.05, 0) is 78.7 Å². The molecule has 4 aliphatic carbocycles. The molecule has 5 nitrogen and oxygen atoms in total. The van der Waals surface area contributed by atoms with Crippen LogP contribution in [0.15, 0.2) is 52.2 Å². The molecule has 4 aliphatic rings. The smallest absolute Gasteiger partial charge is 0.156 e. The van der Waals surface area contributed by atoms with Crippen molar-refractivity contribution in [3.63, 3.8) is 0 Å². The highest BCUT2D eigenvalue weighted by molar-refractivity contribution is 5.93. The molecule has 0 unspecified atom stereocenters. The molecule has 2 saturated carbocycles. The van der Waals surface area contributed by atoms with Gasteiger partial charge in [0.25, 0.3) is 0 Å². The van der Waals surface area contributed by atoms with E-state index in [1.165, 1.54) is 22.9 Å². The summed E-state index contributed by atoms with van der Waals surface area (Å²) in [6, 6.07) is 8.42. The van der Waals surface area contributed by atoms with Gasteiger partial charge in [0.2, 0.25) is 0 Å². The lowest BCUT2D eigenvalue weighted by Gasteiger charge is -2.55. The van der Waals surface area contributed by atoms with Gasteiger partial charge < -0.3 is 14.7 Å². The van der Waals surface area contributed by atoms with Crippen LogP contribution in [-0.2, 0) is 14.3 Å². The van der Waals surface area contributed by atoms with Crippen LogP contribution >= 0.6 is 0 Å². The summed E-state index contributed by atoms with van der Waals surface area (Å²) < 4.78 is 12.0. The van der Waals surface area contributed by atoms with Crippen LogP contribution < -0.4 is 0 Å². The Morgan fingerprint density at radius 3 is 2.64 bits per heavy atom. The molecule has 0 radical (unpaired) electrons. The van der Waals surface area contributed by atoms with Gasteiger partial charge in [0.1, 0.15) is 0 Å². The summed E-state index contributed by atoms with van der Waals surface area (Å²) in [6.07, 6.45) is 10.2. The van der Waals surface area contributed by atoms with Crippen LogP contribution in [0.2, 0.25) is 0 Å². The fourth-order valence-electron chi connectivity index (χ4n) is 7.78. The highest BCUT2D eigenvalue weighted by Crippen LogP contribution is 2.67. The number of allylic oxidation sites excluding steroid dienone is 4. The first-order valence-corrected chi connectivity index (χ1v) is 12.2. The molecule has 5 rings (SSSR count). The van der Waals surface area contributed by atoms with Crippen molar-refractivity contribution in [2.75, 3.05) is 20.8 Å². The lowest BCUT2D eigenvalue weighted by molar-refractivity contribution is -0.149. The number of hydrogen-bond donors (Lipinski definition) is 1. The molecule has 0 aromatic heterocycles. The van der Waals surface area contributed by atoms with Crippen LogP contribution in [0.4, 0.5) is 0 Å². The second-order valence-electron chi connectivity index (χ2n) is 10.6. The summed E-state index contributed by atoms with van der Waals surface area (Å²) in [5.74, 6) is 1.64. The van der Waals surface area contributed by atoms with Crippen molar-refractivity contribution >= 4 is 12.0 Å². The van der Waals surface area contributed by atoms with Crippen LogP contribution in [0.1, 0.15) is 68.9 Å². The number of rotatable bonds is 5. The van der Waals surface area contributed by atoms with Gasteiger partial charge in [-0.3, -0.25) is 4.79 Å². The first-order valence-electron chi connectivity index (χ1n) is 12.2. The average Bonchev–Trinajstić information content (AvgIpc) is 3.11. The third kappa shape index (κ3) is 3.43. The van der Waals surface area contributed by atoms with Gasteiger partial charge in [0.15, 0.2) is 5.78 Å². The van der Waals surface area contributed by atoms with Gasteiger partial charge in [-0.2, -0.15) is 0 Å². The Kier molecular flexibility index (Phi) is 5.82. The summed E-state index contributed by atoms with van der Waals surface area (Å²) in [5.41, 5.74) is 6.23. The van der Waals surface area contributed by atoms with Crippen LogP contribution in [0, 0.1) is 17.3 Å². The topological polar surface area (TPSA) is 68.1 Å². The number of oxime groups is 1. The zero-order valence-electron chi connectivity index (χ0n) is 20.0. The third-order valence-corrected chi connectivity index (χ3v) is 9.34. The van der Waals surface area contributed by atoms with E-state index in [4.69, 9.17) is 14.7 Å². The molecule has 0 spiro atoms. The number of carbonyl (C=O) groups is 1. The van der Waals surface area contributed by atoms with Gasteiger partial charge >= 0.3 is 0 Å². The number of ether oxygens (including phenoxy) is 2. The standard InChI is InChI=1S/C28H35NO4/c1-27-15-24(19-6-4-18(5-7-19)16-29-31)26-22-11-9-21(30)14-20(22)8-10-23(26)25(27)12-13-28(27,33-3)17-32-2/h4-7,14,16,23-25,31H,8-13,15,17H2,1-3H3/b29-16+/t23-,24-,25-,27+,28-/m1/s1. The molecule has 1 N–H and O–H groups in total. The first kappa shape index (κ1) is 22.5. The van der Waals surface area contributed by atoms with E-state index in [2.05, 4.69) is 24.2 Å². The second-order valence-corrected chi connectivity index (χ2v) is 10.6. The molecule has 1 aromatic carbocycles. The maximum atomic E-state index is 12.2. The Morgan fingerprint density at radius 1 is 1.15 bits per heavy atom. The van der Waals surface area contributed by atoms with Crippen LogP contribution in [-0.4, -0.2) is 43.6 Å². The molecule has 2 fully saturated rings. The number of carbonyl (C=O) groups excluding carboxylic acids is 1. The lowest BCUT2D eigenvalue weighted by Crippen LogP contribution is -2.54. The summed E-state index contributed by atoms with van der Waals surface area (Å²) in [6.45, 7) is 3.05. The summed E-state index contributed by atoms with van der Waals surface area (Å²) in [7, 11) is 3.64. The SMILES string of the molecule is COC[C@]1(OC)CC[C@@H]2[C@H]3CCC4=CC(=O)CCC4=C3[C@@H](c3ccc(/C=N/O)cc3)C[C@@]21C. The Balaban J connectivity index is 1.65. The second kappa shape index (κ2) is 8.52. The average molecular weight is 450 g/mol. The Bertz CT molecular complexity index is 1020. The van der Waals surface area contributed by atoms with Crippen LogP contribution in [0.5, 0.6) is 0 Å². The van der Waals surface area contributed by atoms with E-state index in [9.17, 15) is 4.79 Å². The van der Waals surface area contributed by atoms with E-state index in [1.807, 2.05) is 25.3 Å². The lowest BCUT2D eigenvalue weighted by atomic mass is 9.51. The quantitative estimate of drug-likeness (QED) is 0.370. The summed E-state index contributed by atoms with van der Waals surface area (Å²) in [5, 5.41) is 12.1. The highest BCUT2D eigenvalue weighted by atomic mass is 16.5. The van der Waals surface area contributed by atoms with Gasteiger partial charge in [0.05, 0.1) is 18.4 Å². The van der Waals surface area contributed by atoms with Gasteiger partial charge in [-0.15, -0.1) is 0 Å². The maximum absolute atomic E-state index is 12.2. The molecular formula is C28H35NO4. The molecule has 33 heavy (non-hydrogen) atoms. The molecule has 5 atom stereocenters. The van der Waals surface area contributed by atoms with Crippen LogP contribution in [0.25, 0.3) is 0 Å². The minimum Gasteiger partial charge on any atom is -0.411 e. The van der Waals surface area contributed by atoms with Crippen molar-refractivity contribution in [2.45, 2.75) is 63.4 Å². The van der Waals surface area contributed by atoms with Crippen molar-refractivity contribution in [3.05, 3.63) is 58.2 Å².